The summed E-state index contributed by atoms with van der Waals surface area (Å²) in [4.78, 5) is 25.0. The summed E-state index contributed by atoms with van der Waals surface area (Å²) in [7, 11) is 0. The van der Waals surface area contributed by atoms with Crippen LogP contribution in [0.5, 0.6) is 0 Å². The van der Waals surface area contributed by atoms with Crippen LogP contribution in [0.15, 0.2) is 91.0 Å². The van der Waals surface area contributed by atoms with E-state index < -0.39 is 5.60 Å². The van der Waals surface area contributed by atoms with E-state index in [9.17, 15) is 14.7 Å². The van der Waals surface area contributed by atoms with Gasteiger partial charge in [0.1, 0.15) is 6.61 Å². The maximum atomic E-state index is 13.2. The number of carbonyl (C=O) groups is 2. The zero-order valence-corrected chi connectivity index (χ0v) is 21.2. The van der Waals surface area contributed by atoms with E-state index in [0.29, 0.717) is 24.1 Å². The van der Waals surface area contributed by atoms with E-state index in [-0.39, 0.29) is 30.3 Å². The first kappa shape index (κ1) is 24.7. The van der Waals surface area contributed by atoms with Gasteiger partial charge in [-0.25, -0.2) is 4.79 Å². The predicted octanol–water partition coefficient (Wildman–Crippen LogP) is 6.18. The Labute approximate surface area is 217 Å². The lowest BCUT2D eigenvalue weighted by Gasteiger charge is -2.37. The number of aliphatic hydroxyl groups is 1. The molecule has 0 aromatic heterocycles. The fraction of sp³-hybridized carbons (Fsp3) is 0.250. The molecule has 1 heterocycles. The molecular weight excluding hydrogens is 462 g/mol. The summed E-state index contributed by atoms with van der Waals surface area (Å²) in [6.07, 6.45) is 0.674. The van der Waals surface area contributed by atoms with Crippen molar-refractivity contribution in [3.8, 4) is 0 Å². The van der Waals surface area contributed by atoms with Gasteiger partial charge in [-0.05, 0) is 51.9 Å². The number of hydrogen-bond acceptors (Lipinski definition) is 4. The molecule has 1 amide bonds. The van der Waals surface area contributed by atoms with E-state index in [1.807, 2.05) is 36.4 Å². The summed E-state index contributed by atoms with van der Waals surface area (Å²) in [6.45, 7) is 4.40. The summed E-state index contributed by atoms with van der Waals surface area (Å²) in [6, 6.07) is 29.5. The highest BCUT2D eigenvalue weighted by Gasteiger charge is 2.38. The molecule has 1 aliphatic rings. The highest BCUT2D eigenvalue weighted by molar-refractivity contribution is 5.96. The molecule has 1 aliphatic heterocycles. The summed E-state index contributed by atoms with van der Waals surface area (Å²) in [5, 5.41) is 17.2. The van der Waals surface area contributed by atoms with Gasteiger partial charge >= 0.3 is 5.97 Å². The van der Waals surface area contributed by atoms with Gasteiger partial charge in [0.25, 0.3) is 0 Å². The van der Waals surface area contributed by atoms with Crippen molar-refractivity contribution in [3.63, 3.8) is 0 Å². The Bertz CT molecular complexity index is 1460. The maximum Gasteiger partial charge on any atom is 0.338 e. The molecule has 188 valence electrons. The average molecular weight is 494 g/mol. The number of benzene rings is 4. The lowest BCUT2D eigenvalue weighted by Crippen LogP contribution is -2.41. The molecule has 4 aromatic carbocycles. The monoisotopic (exact) mass is 493 g/mol. The minimum absolute atomic E-state index is 0.0669. The molecule has 0 bridgehead atoms. The van der Waals surface area contributed by atoms with E-state index >= 15 is 0 Å². The number of cyclic esters (lactones) is 1. The van der Waals surface area contributed by atoms with Crippen molar-refractivity contribution >= 4 is 28.3 Å². The lowest BCUT2D eigenvalue weighted by molar-refractivity contribution is -0.121. The van der Waals surface area contributed by atoms with Crippen LogP contribution in [-0.4, -0.2) is 22.6 Å². The third kappa shape index (κ3) is 5.57. The quantitative estimate of drug-likeness (QED) is 0.287. The average Bonchev–Trinajstić information content (AvgIpc) is 3.23. The molecule has 5 nitrogen and oxygen atoms in total. The summed E-state index contributed by atoms with van der Waals surface area (Å²) < 4.78 is 5.07. The Balaban J connectivity index is 1.40. The van der Waals surface area contributed by atoms with Crippen LogP contribution >= 0.6 is 0 Å². The SMILES string of the molecule is CC(C)(CC(O)(CC(=O)Nc1ccc2c(c1)COC2=O)Cc1ccc2ccccc2c1)c1ccccc1. The highest BCUT2D eigenvalue weighted by Crippen LogP contribution is 2.36. The third-order valence-electron chi connectivity index (χ3n) is 7.13. The van der Waals surface area contributed by atoms with Gasteiger partial charge in [-0.1, -0.05) is 86.6 Å². The van der Waals surface area contributed by atoms with Crippen molar-refractivity contribution in [1.29, 1.82) is 0 Å². The number of carbonyl (C=O) groups excluding carboxylic acids is 2. The molecule has 0 saturated heterocycles. The van der Waals surface area contributed by atoms with E-state index in [1.54, 1.807) is 18.2 Å². The van der Waals surface area contributed by atoms with E-state index in [0.717, 1.165) is 27.5 Å². The molecule has 0 fully saturated rings. The fourth-order valence-electron chi connectivity index (χ4n) is 5.45. The number of amides is 1. The van der Waals surface area contributed by atoms with Gasteiger partial charge in [0.15, 0.2) is 0 Å². The second-order valence-corrected chi connectivity index (χ2v) is 10.7. The molecule has 0 aliphatic carbocycles. The fourth-order valence-corrected chi connectivity index (χ4v) is 5.45. The summed E-state index contributed by atoms with van der Waals surface area (Å²) in [5.74, 6) is -0.627. The molecular formula is C32H31NO4. The molecule has 1 unspecified atom stereocenters. The van der Waals surface area contributed by atoms with Crippen LogP contribution in [0.25, 0.3) is 10.8 Å². The van der Waals surface area contributed by atoms with Crippen molar-refractivity contribution in [2.24, 2.45) is 0 Å². The number of esters is 1. The van der Waals surface area contributed by atoms with E-state index in [2.05, 4.69) is 55.6 Å². The lowest BCUT2D eigenvalue weighted by atomic mass is 9.72. The Morgan fingerprint density at radius 2 is 1.65 bits per heavy atom. The number of anilines is 1. The van der Waals surface area contributed by atoms with Crippen molar-refractivity contribution < 1.29 is 19.4 Å². The second-order valence-electron chi connectivity index (χ2n) is 10.7. The molecule has 0 spiro atoms. The van der Waals surface area contributed by atoms with Crippen molar-refractivity contribution in [3.05, 3.63) is 113 Å². The highest BCUT2D eigenvalue weighted by atomic mass is 16.5. The minimum atomic E-state index is -1.29. The predicted molar refractivity (Wildman–Crippen MR) is 145 cm³/mol. The standard InChI is InChI=1S/C32H31NO4/c1-31(2,26-10-4-3-5-11-26)21-32(36,18-22-12-13-23-8-6-7-9-24(23)16-22)19-29(34)33-27-14-15-28-25(17-27)20-37-30(28)35/h3-17,36H,18-21H2,1-2H3,(H,33,34). The second kappa shape index (κ2) is 9.83. The van der Waals surface area contributed by atoms with E-state index in [4.69, 9.17) is 4.74 Å². The summed E-state index contributed by atoms with van der Waals surface area (Å²) >= 11 is 0. The first-order valence-corrected chi connectivity index (χ1v) is 12.6. The zero-order chi connectivity index (χ0) is 26.0. The van der Waals surface area contributed by atoms with Gasteiger partial charge in [-0.2, -0.15) is 0 Å². The van der Waals surface area contributed by atoms with Crippen LogP contribution < -0.4 is 5.32 Å². The summed E-state index contributed by atoms with van der Waals surface area (Å²) in [5.41, 5.74) is 2.29. The van der Waals surface area contributed by atoms with Crippen LogP contribution in [0.1, 0.15) is 53.7 Å². The van der Waals surface area contributed by atoms with Gasteiger partial charge in [0.05, 0.1) is 17.6 Å². The molecule has 0 radical (unpaired) electrons. The number of rotatable bonds is 8. The molecule has 2 N–H and O–H groups in total. The zero-order valence-electron chi connectivity index (χ0n) is 21.2. The van der Waals surface area contributed by atoms with Gasteiger partial charge in [0.2, 0.25) is 5.91 Å². The van der Waals surface area contributed by atoms with Crippen LogP contribution in [0, 0.1) is 0 Å². The third-order valence-corrected chi connectivity index (χ3v) is 7.13. The number of ether oxygens (including phenoxy) is 1. The van der Waals surface area contributed by atoms with Gasteiger partial charge in [-0.15, -0.1) is 0 Å². The van der Waals surface area contributed by atoms with Crippen molar-refractivity contribution in [1.82, 2.24) is 0 Å². The first-order valence-electron chi connectivity index (χ1n) is 12.6. The minimum Gasteiger partial charge on any atom is -0.457 e. The molecule has 5 heteroatoms. The van der Waals surface area contributed by atoms with E-state index in [1.165, 1.54) is 0 Å². The van der Waals surface area contributed by atoms with Crippen molar-refractivity contribution in [2.45, 2.75) is 50.7 Å². The molecule has 5 rings (SSSR count). The number of fused-ring (bicyclic) bond motifs is 2. The smallest absolute Gasteiger partial charge is 0.338 e. The molecule has 1 atom stereocenters. The van der Waals surface area contributed by atoms with Gasteiger partial charge in [-0.3, -0.25) is 4.79 Å². The molecule has 4 aromatic rings. The Morgan fingerprint density at radius 3 is 2.43 bits per heavy atom. The van der Waals surface area contributed by atoms with Crippen molar-refractivity contribution in [2.75, 3.05) is 5.32 Å². The largest absolute Gasteiger partial charge is 0.457 e. The van der Waals surface area contributed by atoms with Gasteiger partial charge in [0, 0.05) is 17.7 Å². The van der Waals surface area contributed by atoms with Crippen LogP contribution in [0.4, 0.5) is 5.69 Å². The maximum absolute atomic E-state index is 13.2. The number of hydrogen-bond donors (Lipinski definition) is 2. The number of nitrogens with one attached hydrogen (secondary N) is 1. The first-order chi connectivity index (χ1) is 17.7. The van der Waals surface area contributed by atoms with Gasteiger partial charge < -0.3 is 15.2 Å². The topological polar surface area (TPSA) is 75.6 Å². The Kier molecular flexibility index (Phi) is 6.57. The van der Waals surface area contributed by atoms with Crippen LogP contribution in [0.3, 0.4) is 0 Å². The Hall–Kier alpha value is -3.96. The van der Waals surface area contributed by atoms with Crippen LogP contribution in [0.2, 0.25) is 0 Å². The molecule has 0 saturated carbocycles. The molecule has 37 heavy (non-hydrogen) atoms. The normalized spacial score (nSPS) is 14.6. The Morgan fingerprint density at radius 1 is 0.919 bits per heavy atom. The van der Waals surface area contributed by atoms with Crippen LogP contribution in [-0.2, 0) is 28.0 Å².